The van der Waals surface area contributed by atoms with E-state index < -0.39 is 5.97 Å². The predicted molar refractivity (Wildman–Crippen MR) is 81.0 cm³/mol. The van der Waals surface area contributed by atoms with Gasteiger partial charge in [-0.15, -0.1) is 0 Å². The van der Waals surface area contributed by atoms with Crippen molar-refractivity contribution in [2.45, 2.75) is 0 Å². The van der Waals surface area contributed by atoms with Crippen molar-refractivity contribution in [2.75, 3.05) is 26.6 Å². The number of nitrogens with one attached hydrogen (secondary N) is 1. The summed E-state index contributed by atoms with van der Waals surface area (Å²) in [5, 5.41) is 2.92. The Labute approximate surface area is 130 Å². The van der Waals surface area contributed by atoms with Crippen LogP contribution in [0.3, 0.4) is 0 Å². The average molecular weight is 322 g/mol. The minimum absolute atomic E-state index is 0.306. The molecule has 1 heterocycles. The molecule has 0 saturated carbocycles. The molecule has 116 valence electrons. The van der Waals surface area contributed by atoms with Crippen LogP contribution in [0.15, 0.2) is 24.4 Å². The number of rotatable bonds is 5. The molecule has 2 aromatic rings. The summed E-state index contributed by atoms with van der Waals surface area (Å²) in [7, 11) is 4.29. The highest BCUT2D eigenvalue weighted by Crippen LogP contribution is 2.28. The second kappa shape index (κ2) is 6.90. The smallest absolute Gasteiger partial charge is 0.349 e. The van der Waals surface area contributed by atoms with E-state index in [0.717, 1.165) is 11.3 Å². The Kier molecular flexibility index (Phi) is 4.95. The third kappa shape index (κ3) is 3.34. The largest absolute Gasteiger partial charge is 0.493 e. The van der Waals surface area contributed by atoms with Gasteiger partial charge >= 0.3 is 5.97 Å². The average Bonchev–Trinajstić information content (AvgIpc) is 3.01. The lowest BCUT2D eigenvalue weighted by atomic mass is 10.2. The number of aromatic nitrogens is 1. The van der Waals surface area contributed by atoms with E-state index in [-0.39, 0.29) is 5.91 Å². The summed E-state index contributed by atoms with van der Waals surface area (Å²) in [5.74, 6) is 0.113. The van der Waals surface area contributed by atoms with E-state index in [9.17, 15) is 9.59 Å². The first-order valence-electron chi connectivity index (χ1n) is 6.16. The molecule has 0 aliphatic heterocycles. The highest BCUT2D eigenvalue weighted by Gasteiger charge is 2.15. The summed E-state index contributed by atoms with van der Waals surface area (Å²) in [6.07, 6.45) is 1.35. The summed E-state index contributed by atoms with van der Waals surface area (Å²) in [4.78, 5) is 27.8. The fourth-order valence-electron chi connectivity index (χ4n) is 1.67. The van der Waals surface area contributed by atoms with Gasteiger partial charge in [-0.05, 0) is 18.2 Å². The Bertz CT molecular complexity index is 698. The zero-order valence-corrected chi connectivity index (χ0v) is 13.0. The third-order valence-corrected chi connectivity index (χ3v) is 3.65. The Hall–Kier alpha value is -2.61. The number of carbonyl (C=O) groups excluding carboxylic acids is 2. The van der Waals surface area contributed by atoms with Gasteiger partial charge in [-0.2, -0.15) is 0 Å². The lowest BCUT2D eigenvalue weighted by Gasteiger charge is -2.09. The van der Waals surface area contributed by atoms with Crippen LogP contribution < -0.4 is 14.8 Å². The van der Waals surface area contributed by atoms with Crippen molar-refractivity contribution in [3.05, 3.63) is 34.8 Å². The number of benzene rings is 1. The van der Waals surface area contributed by atoms with Gasteiger partial charge in [0.05, 0.1) is 27.5 Å². The molecule has 0 spiro atoms. The van der Waals surface area contributed by atoms with Crippen LogP contribution in [0.2, 0.25) is 0 Å². The molecule has 0 fully saturated rings. The molecule has 0 bridgehead atoms. The Morgan fingerprint density at radius 3 is 2.50 bits per heavy atom. The molecule has 1 aromatic heterocycles. The highest BCUT2D eigenvalue weighted by atomic mass is 32.1. The summed E-state index contributed by atoms with van der Waals surface area (Å²) >= 11 is 1.03. The van der Waals surface area contributed by atoms with Crippen LogP contribution in [0.4, 0.5) is 5.13 Å². The standard InChI is InChI=1S/C14H14N2O5S/c1-19-9-5-4-8(6-10(9)20-2)12(17)16-14-15-7-11(22-14)13(18)21-3/h4-7H,1-3H3,(H,15,16,17). The Morgan fingerprint density at radius 1 is 1.14 bits per heavy atom. The van der Waals surface area contributed by atoms with Gasteiger partial charge in [0.2, 0.25) is 0 Å². The number of anilines is 1. The molecular formula is C14H14N2O5S. The van der Waals surface area contributed by atoms with Crippen molar-refractivity contribution in [2.24, 2.45) is 0 Å². The second-order valence-corrected chi connectivity index (χ2v) is 5.08. The number of carbonyl (C=O) groups is 2. The van der Waals surface area contributed by atoms with Crippen LogP contribution in [0, 0.1) is 0 Å². The van der Waals surface area contributed by atoms with E-state index in [1.54, 1.807) is 18.2 Å². The number of esters is 1. The van der Waals surface area contributed by atoms with E-state index in [4.69, 9.17) is 9.47 Å². The first kappa shape index (κ1) is 15.8. The quantitative estimate of drug-likeness (QED) is 0.849. The predicted octanol–water partition coefficient (Wildman–Crippen LogP) is 2.20. The number of nitrogens with zero attached hydrogens (tertiary/aromatic N) is 1. The van der Waals surface area contributed by atoms with E-state index >= 15 is 0 Å². The van der Waals surface area contributed by atoms with Crippen LogP contribution in [0.1, 0.15) is 20.0 Å². The summed E-state index contributed by atoms with van der Waals surface area (Å²) in [6, 6.07) is 4.80. The Morgan fingerprint density at radius 2 is 1.86 bits per heavy atom. The summed E-state index contributed by atoms with van der Waals surface area (Å²) in [6.45, 7) is 0. The number of thiazole rings is 1. The summed E-state index contributed by atoms with van der Waals surface area (Å²) < 4.78 is 14.8. The van der Waals surface area contributed by atoms with Crippen LogP contribution >= 0.6 is 11.3 Å². The fraction of sp³-hybridized carbons (Fsp3) is 0.214. The molecule has 8 heteroatoms. The molecule has 0 saturated heterocycles. The van der Waals surface area contributed by atoms with Crippen LogP contribution in [0.25, 0.3) is 0 Å². The van der Waals surface area contributed by atoms with Gasteiger partial charge in [-0.25, -0.2) is 9.78 Å². The number of hydrogen-bond donors (Lipinski definition) is 1. The van der Waals surface area contributed by atoms with Gasteiger partial charge in [-0.3, -0.25) is 10.1 Å². The molecule has 22 heavy (non-hydrogen) atoms. The molecule has 1 amide bonds. The van der Waals surface area contributed by atoms with Gasteiger partial charge in [-0.1, -0.05) is 11.3 Å². The Balaban J connectivity index is 2.15. The van der Waals surface area contributed by atoms with Crippen molar-refractivity contribution < 1.29 is 23.8 Å². The molecule has 0 unspecified atom stereocenters. The van der Waals surface area contributed by atoms with E-state index in [2.05, 4.69) is 15.0 Å². The topological polar surface area (TPSA) is 86.8 Å². The molecule has 0 atom stereocenters. The number of amides is 1. The van der Waals surface area contributed by atoms with Crippen molar-refractivity contribution in [1.29, 1.82) is 0 Å². The zero-order chi connectivity index (χ0) is 16.1. The minimum atomic E-state index is -0.496. The van der Waals surface area contributed by atoms with Crippen molar-refractivity contribution >= 4 is 28.3 Å². The molecule has 2 rings (SSSR count). The maximum absolute atomic E-state index is 12.2. The van der Waals surface area contributed by atoms with E-state index in [1.165, 1.54) is 27.5 Å². The van der Waals surface area contributed by atoms with Crippen molar-refractivity contribution in [1.82, 2.24) is 4.98 Å². The second-order valence-electron chi connectivity index (χ2n) is 4.05. The molecule has 1 aromatic carbocycles. The number of ether oxygens (including phenoxy) is 3. The van der Waals surface area contributed by atoms with E-state index in [0.29, 0.717) is 27.1 Å². The number of hydrogen-bond acceptors (Lipinski definition) is 7. The SMILES string of the molecule is COC(=O)c1cnc(NC(=O)c2ccc(OC)c(OC)c2)s1. The summed E-state index contributed by atoms with van der Waals surface area (Å²) in [5.41, 5.74) is 0.382. The third-order valence-electron chi connectivity index (χ3n) is 2.76. The first-order chi connectivity index (χ1) is 10.6. The first-order valence-corrected chi connectivity index (χ1v) is 6.98. The highest BCUT2D eigenvalue weighted by molar-refractivity contribution is 7.17. The lowest BCUT2D eigenvalue weighted by Crippen LogP contribution is -2.11. The molecule has 0 aliphatic carbocycles. The molecular weight excluding hydrogens is 308 g/mol. The molecule has 0 radical (unpaired) electrons. The zero-order valence-electron chi connectivity index (χ0n) is 12.2. The van der Waals surface area contributed by atoms with Gasteiger partial charge < -0.3 is 14.2 Å². The van der Waals surface area contributed by atoms with Gasteiger partial charge in [0.1, 0.15) is 4.88 Å². The van der Waals surface area contributed by atoms with E-state index in [1.807, 2.05) is 0 Å². The van der Waals surface area contributed by atoms with Crippen molar-refractivity contribution in [3.8, 4) is 11.5 Å². The van der Waals surface area contributed by atoms with Crippen LogP contribution in [0.5, 0.6) is 11.5 Å². The van der Waals surface area contributed by atoms with Gasteiger partial charge in [0.25, 0.3) is 5.91 Å². The van der Waals surface area contributed by atoms with Gasteiger partial charge in [0.15, 0.2) is 16.6 Å². The minimum Gasteiger partial charge on any atom is -0.493 e. The van der Waals surface area contributed by atoms with Gasteiger partial charge in [0, 0.05) is 5.56 Å². The van der Waals surface area contributed by atoms with Crippen molar-refractivity contribution in [3.63, 3.8) is 0 Å². The monoisotopic (exact) mass is 322 g/mol. The van der Waals surface area contributed by atoms with Crippen LogP contribution in [-0.2, 0) is 4.74 Å². The molecule has 1 N–H and O–H groups in total. The normalized spacial score (nSPS) is 9.95. The fourth-order valence-corrected chi connectivity index (χ4v) is 2.40. The maximum atomic E-state index is 12.2. The number of methoxy groups -OCH3 is 3. The van der Waals surface area contributed by atoms with Crippen LogP contribution in [-0.4, -0.2) is 38.2 Å². The molecule has 0 aliphatic rings. The maximum Gasteiger partial charge on any atom is 0.349 e. The lowest BCUT2D eigenvalue weighted by molar-refractivity contribution is 0.0606. The molecule has 7 nitrogen and oxygen atoms in total.